The molecular formula is C8H15NO2. The molecule has 0 unspecified atom stereocenters. The molecule has 0 fully saturated rings. The minimum Gasteiger partial charge on any atom is -0.460 e. The van der Waals surface area contributed by atoms with E-state index in [0.29, 0.717) is 18.6 Å². The molecule has 0 aliphatic carbocycles. The van der Waals surface area contributed by atoms with Crippen LogP contribution in [0.15, 0.2) is 0 Å². The van der Waals surface area contributed by atoms with Crippen molar-refractivity contribution < 1.29 is 9.53 Å². The minimum absolute atomic E-state index is 0.162. The van der Waals surface area contributed by atoms with Crippen LogP contribution < -0.4 is 0 Å². The Balaban J connectivity index is 3.38. The lowest BCUT2D eigenvalue weighted by Crippen LogP contribution is -2.11. The standard InChI is InChI=1S/C8H15NO2/c1-3-5-8(10)11-6-7(9)4-2/h9H,3-6H2,1-2H3. The zero-order valence-electron chi connectivity index (χ0n) is 7.14. The molecular weight excluding hydrogens is 142 g/mol. The number of hydrogen-bond donors (Lipinski definition) is 1. The summed E-state index contributed by atoms with van der Waals surface area (Å²) >= 11 is 0. The average Bonchev–Trinajstić information content (AvgIpc) is 2.01. The van der Waals surface area contributed by atoms with Gasteiger partial charge in [0.2, 0.25) is 0 Å². The predicted molar refractivity (Wildman–Crippen MR) is 43.9 cm³/mol. The highest BCUT2D eigenvalue weighted by Gasteiger charge is 2.01. The molecule has 0 aromatic rings. The summed E-state index contributed by atoms with van der Waals surface area (Å²) in [6, 6.07) is 0. The Morgan fingerprint density at radius 2 is 2.09 bits per heavy atom. The van der Waals surface area contributed by atoms with E-state index in [0.717, 1.165) is 6.42 Å². The number of carbonyl (C=O) groups is 1. The summed E-state index contributed by atoms with van der Waals surface area (Å²) in [6.07, 6.45) is 1.91. The second kappa shape index (κ2) is 5.89. The van der Waals surface area contributed by atoms with E-state index < -0.39 is 0 Å². The van der Waals surface area contributed by atoms with Crippen molar-refractivity contribution in [3.05, 3.63) is 0 Å². The molecule has 1 N–H and O–H groups in total. The second-order valence-corrected chi connectivity index (χ2v) is 2.37. The third-order valence-electron chi connectivity index (χ3n) is 1.29. The SMILES string of the molecule is CCCC(=O)OCC(=N)CC. The van der Waals surface area contributed by atoms with Crippen molar-refractivity contribution >= 4 is 11.7 Å². The van der Waals surface area contributed by atoms with Crippen molar-refractivity contribution in [2.45, 2.75) is 33.1 Å². The summed E-state index contributed by atoms with van der Waals surface area (Å²) in [7, 11) is 0. The van der Waals surface area contributed by atoms with E-state index in [1.54, 1.807) is 0 Å². The fourth-order valence-electron chi connectivity index (χ4n) is 0.546. The van der Waals surface area contributed by atoms with E-state index in [-0.39, 0.29) is 12.6 Å². The third kappa shape index (κ3) is 5.58. The molecule has 0 rings (SSSR count). The lowest BCUT2D eigenvalue weighted by atomic mass is 10.3. The van der Waals surface area contributed by atoms with E-state index in [9.17, 15) is 4.79 Å². The number of nitrogens with one attached hydrogen (secondary N) is 1. The van der Waals surface area contributed by atoms with Gasteiger partial charge < -0.3 is 10.1 Å². The van der Waals surface area contributed by atoms with Gasteiger partial charge in [-0.25, -0.2) is 0 Å². The van der Waals surface area contributed by atoms with Crippen LogP contribution in [0, 0.1) is 5.41 Å². The monoisotopic (exact) mass is 157 g/mol. The summed E-state index contributed by atoms with van der Waals surface area (Å²) in [5, 5.41) is 7.19. The number of esters is 1. The van der Waals surface area contributed by atoms with Crippen LogP contribution in [0.1, 0.15) is 33.1 Å². The lowest BCUT2D eigenvalue weighted by Gasteiger charge is -2.02. The summed E-state index contributed by atoms with van der Waals surface area (Å²) in [5.41, 5.74) is 0.467. The molecule has 0 saturated carbocycles. The van der Waals surface area contributed by atoms with Gasteiger partial charge in [-0.1, -0.05) is 13.8 Å². The fraction of sp³-hybridized carbons (Fsp3) is 0.750. The van der Waals surface area contributed by atoms with Gasteiger partial charge in [-0.2, -0.15) is 0 Å². The van der Waals surface area contributed by atoms with Crippen molar-refractivity contribution in [1.29, 1.82) is 5.41 Å². The van der Waals surface area contributed by atoms with Gasteiger partial charge in [-0.3, -0.25) is 4.79 Å². The average molecular weight is 157 g/mol. The maximum atomic E-state index is 10.7. The van der Waals surface area contributed by atoms with Gasteiger partial charge in [0.15, 0.2) is 0 Å². The van der Waals surface area contributed by atoms with Gasteiger partial charge in [0.25, 0.3) is 0 Å². The van der Waals surface area contributed by atoms with Crippen LogP contribution in [0.4, 0.5) is 0 Å². The van der Waals surface area contributed by atoms with E-state index in [4.69, 9.17) is 10.1 Å². The molecule has 0 aliphatic rings. The van der Waals surface area contributed by atoms with Gasteiger partial charge in [-0.15, -0.1) is 0 Å². The van der Waals surface area contributed by atoms with Crippen molar-refractivity contribution in [2.75, 3.05) is 6.61 Å². The fourth-order valence-corrected chi connectivity index (χ4v) is 0.546. The molecule has 0 atom stereocenters. The first-order chi connectivity index (χ1) is 5.20. The van der Waals surface area contributed by atoms with E-state index in [1.165, 1.54) is 0 Å². The topological polar surface area (TPSA) is 50.2 Å². The van der Waals surface area contributed by atoms with Gasteiger partial charge in [0, 0.05) is 12.1 Å². The summed E-state index contributed by atoms with van der Waals surface area (Å²) in [5.74, 6) is -0.203. The largest absolute Gasteiger partial charge is 0.460 e. The first-order valence-electron chi connectivity index (χ1n) is 3.92. The van der Waals surface area contributed by atoms with Crippen molar-refractivity contribution in [3.63, 3.8) is 0 Å². The van der Waals surface area contributed by atoms with Gasteiger partial charge >= 0.3 is 5.97 Å². The second-order valence-electron chi connectivity index (χ2n) is 2.37. The van der Waals surface area contributed by atoms with E-state index in [1.807, 2.05) is 13.8 Å². The van der Waals surface area contributed by atoms with Gasteiger partial charge in [0.05, 0.1) is 0 Å². The molecule has 64 valence electrons. The normalized spacial score (nSPS) is 9.27. The van der Waals surface area contributed by atoms with Crippen LogP contribution in [0.5, 0.6) is 0 Å². The molecule has 0 radical (unpaired) electrons. The molecule has 0 spiro atoms. The highest BCUT2D eigenvalue weighted by Crippen LogP contribution is 1.92. The summed E-state index contributed by atoms with van der Waals surface area (Å²) in [6.45, 7) is 3.96. The van der Waals surface area contributed by atoms with Gasteiger partial charge in [0.1, 0.15) is 6.61 Å². The number of carbonyl (C=O) groups excluding carboxylic acids is 1. The minimum atomic E-state index is -0.203. The highest BCUT2D eigenvalue weighted by molar-refractivity contribution is 5.84. The Morgan fingerprint density at radius 1 is 1.45 bits per heavy atom. The van der Waals surface area contributed by atoms with Crippen molar-refractivity contribution in [1.82, 2.24) is 0 Å². The quantitative estimate of drug-likeness (QED) is 0.488. The Kier molecular flexibility index (Phi) is 5.43. The predicted octanol–water partition coefficient (Wildman–Crippen LogP) is 1.76. The Morgan fingerprint density at radius 3 is 2.55 bits per heavy atom. The molecule has 0 bridgehead atoms. The van der Waals surface area contributed by atoms with Crippen LogP contribution in [0.25, 0.3) is 0 Å². The Bertz CT molecular complexity index is 143. The molecule has 11 heavy (non-hydrogen) atoms. The molecule has 0 heterocycles. The van der Waals surface area contributed by atoms with Crippen LogP contribution in [0.3, 0.4) is 0 Å². The number of rotatable bonds is 5. The third-order valence-corrected chi connectivity index (χ3v) is 1.29. The smallest absolute Gasteiger partial charge is 0.306 e. The Labute approximate surface area is 67.3 Å². The maximum absolute atomic E-state index is 10.7. The highest BCUT2D eigenvalue weighted by atomic mass is 16.5. The molecule has 3 nitrogen and oxygen atoms in total. The molecule has 0 aromatic heterocycles. The van der Waals surface area contributed by atoms with Gasteiger partial charge in [-0.05, 0) is 12.8 Å². The maximum Gasteiger partial charge on any atom is 0.306 e. The summed E-state index contributed by atoms with van der Waals surface area (Å²) < 4.78 is 4.77. The molecule has 0 saturated heterocycles. The van der Waals surface area contributed by atoms with E-state index in [2.05, 4.69) is 0 Å². The summed E-state index contributed by atoms with van der Waals surface area (Å²) in [4.78, 5) is 10.7. The van der Waals surface area contributed by atoms with E-state index >= 15 is 0 Å². The molecule has 0 aromatic carbocycles. The van der Waals surface area contributed by atoms with Crippen molar-refractivity contribution in [3.8, 4) is 0 Å². The first-order valence-corrected chi connectivity index (χ1v) is 3.92. The van der Waals surface area contributed by atoms with Crippen LogP contribution >= 0.6 is 0 Å². The van der Waals surface area contributed by atoms with Crippen LogP contribution in [0.2, 0.25) is 0 Å². The number of hydrogen-bond acceptors (Lipinski definition) is 3. The lowest BCUT2D eigenvalue weighted by molar-refractivity contribution is -0.142. The Hall–Kier alpha value is -0.860. The zero-order valence-corrected chi connectivity index (χ0v) is 7.14. The molecule has 3 heteroatoms. The number of ether oxygens (including phenoxy) is 1. The zero-order chi connectivity index (χ0) is 8.69. The van der Waals surface area contributed by atoms with Crippen molar-refractivity contribution in [2.24, 2.45) is 0 Å². The molecule has 0 aliphatic heterocycles. The van der Waals surface area contributed by atoms with Crippen LogP contribution in [-0.2, 0) is 9.53 Å². The first kappa shape index (κ1) is 10.1. The molecule has 0 amide bonds. The van der Waals surface area contributed by atoms with Crippen LogP contribution in [-0.4, -0.2) is 18.3 Å².